The molecule has 0 atom stereocenters. The molecule has 3 aromatic rings. The fourth-order valence-corrected chi connectivity index (χ4v) is 3.91. The van der Waals surface area contributed by atoms with E-state index in [4.69, 9.17) is 5.73 Å². The van der Waals surface area contributed by atoms with Crippen molar-refractivity contribution in [2.45, 2.75) is 19.9 Å². The SMILES string of the molecule is C=N/C(N)=c1/nc(CN(CC)C(=O)c2nccs2)[nH]/c1=C1\C=CC(c2cc[nH]n2)=CC1. The van der Waals surface area contributed by atoms with Gasteiger partial charge in [0, 0.05) is 24.3 Å². The monoisotopic (exact) mass is 434 g/mol. The fraction of sp³-hybridized carbons (Fsp3) is 0.190. The number of carbonyl (C=O) groups excluding carboxylic acids is 1. The van der Waals surface area contributed by atoms with Crippen molar-refractivity contribution in [3.8, 4) is 0 Å². The smallest absolute Gasteiger partial charge is 0.283 e. The Morgan fingerprint density at radius 3 is 2.90 bits per heavy atom. The summed E-state index contributed by atoms with van der Waals surface area (Å²) in [6.45, 7) is 6.27. The van der Waals surface area contributed by atoms with E-state index in [1.165, 1.54) is 11.3 Å². The number of imidazole rings is 1. The number of nitrogens with one attached hydrogen (secondary N) is 2. The number of H-pyrrole nitrogens is 2. The van der Waals surface area contributed by atoms with Crippen molar-refractivity contribution >= 4 is 40.9 Å². The van der Waals surface area contributed by atoms with Crippen LogP contribution in [0.1, 0.15) is 34.7 Å². The largest absolute Gasteiger partial charge is 0.382 e. The molecule has 0 saturated carbocycles. The Morgan fingerprint density at radius 2 is 2.29 bits per heavy atom. The lowest BCUT2D eigenvalue weighted by Crippen LogP contribution is -2.31. The molecule has 1 aliphatic carbocycles. The van der Waals surface area contributed by atoms with Crippen LogP contribution in [0.15, 0.2) is 47.1 Å². The first-order valence-corrected chi connectivity index (χ1v) is 10.6. The number of thiazole rings is 1. The van der Waals surface area contributed by atoms with Crippen molar-refractivity contribution in [3.05, 3.63) is 69.3 Å². The molecule has 0 spiro atoms. The summed E-state index contributed by atoms with van der Waals surface area (Å²) >= 11 is 1.32. The van der Waals surface area contributed by atoms with Crippen molar-refractivity contribution < 1.29 is 4.79 Å². The summed E-state index contributed by atoms with van der Waals surface area (Å²) < 4.78 is 0. The highest BCUT2D eigenvalue weighted by molar-refractivity contribution is 7.11. The van der Waals surface area contributed by atoms with Crippen LogP contribution in [0, 0.1) is 0 Å². The molecule has 0 unspecified atom stereocenters. The van der Waals surface area contributed by atoms with Crippen LogP contribution in [0.3, 0.4) is 0 Å². The molecule has 9 nitrogen and oxygen atoms in total. The van der Waals surface area contributed by atoms with Crippen molar-refractivity contribution in [2.24, 2.45) is 10.7 Å². The summed E-state index contributed by atoms with van der Waals surface area (Å²) in [5.74, 6) is 0.716. The Labute approximate surface area is 182 Å². The van der Waals surface area contributed by atoms with E-state index < -0.39 is 0 Å². The van der Waals surface area contributed by atoms with E-state index in [1.54, 1.807) is 22.7 Å². The minimum absolute atomic E-state index is 0.132. The lowest BCUT2D eigenvalue weighted by Gasteiger charge is -2.18. The average molecular weight is 435 g/mol. The molecule has 4 N–H and O–H groups in total. The van der Waals surface area contributed by atoms with Crippen LogP contribution in [0.5, 0.6) is 0 Å². The van der Waals surface area contributed by atoms with Gasteiger partial charge in [0.1, 0.15) is 11.2 Å². The first-order valence-electron chi connectivity index (χ1n) is 9.72. The molecule has 0 radical (unpaired) electrons. The van der Waals surface area contributed by atoms with Gasteiger partial charge in [-0.25, -0.2) is 15.0 Å². The van der Waals surface area contributed by atoms with E-state index in [2.05, 4.69) is 42.9 Å². The number of hydrogen-bond donors (Lipinski definition) is 3. The third-order valence-corrected chi connectivity index (χ3v) is 5.68. The first-order chi connectivity index (χ1) is 15.1. The van der Waals surface area contributed by atoms with Gasteiger partial charge < -0.3 is 15.6 Å². The number of rotatable bonds is 6. The van der Waals surface area contributed by atoms with Crippen molar-refractivity contribution in [2.75, 3.05) is 6.54 Å². The van der Waals surface area contributed by atoms with Crippen LogP contribution in [0.25, 0.3) is 17.0 Å². The van der Waals surface area contributed by atoms with Gasteiger partial charge in [-0.2, -0.15) is 5.10 Å². The summed E-state index contributed by atoms with van der Waals surface area (Å²) in [5.41, 5.74) is 9.00. The van der Waals surface area contributed by atoms with Gasteiger partial charge in [0.2, 0.25) is 0 Å². The van der Waals surface area contributed by atoms with Crippen LogP contribution >= 0.6 is 11.3 Å². The van der Waals surface area contributed by atoms with E-state index in [0.29, 0.717) is 35.7 Å². The maximum absolute atomic E-state index is 12.7. The third-order valence-electron chi connectivity index (χ3n) is 4.91. The summed E-state index contributed by atoms with van der Waals surface area (Å²) in [6.07, 6.45) is 10.2. The maximum atomic E-state index is 12.7. The molecule has 0 bridgehead atoms. The average Bonchev–Trinajstić information content (AvgIpc) is 3.58. The number of aromatic amines is 2. The van der Waals surface area contributed by atoms with E-state index in [1.807, 2.05) is 25.1 Å². The molecule has 158 valence electrons. The Kier molecular flexibility index (Phi) is 5.89. The molecule has 0 aromatic carbocycles. The van der Waals surface area contributed by atoms with Gasteiger partial charge in [-0.15, -0.1) is 11.3 Å². The molecular weight excluding hydrogens is 412 g/mol. The van der Waals surface area contributed by atoms with Crippen molar-refractivity contribution in [1.82, 2.24) is 30.0 Å². The molecule has 1 amide bonds. The van der Waals surface area contributed by atoms with E-state index in [9.17, 15) is 4.79 Å². The number of nitrogens with zero attached hydrogens (tertiary/aromatic N) is 5. The second kappa shape index (κ2) is 8.92. The number of hydrogen-bond acceptors (Lipinski definition) is 7. The van der Waals surface area contributed by atoms with Crippen LogP contribution in [-0.4, -0.2) is 49.2 Å². The van der Waals surface area contributed by atoms with Crippen LogP contribution in [0.2, 0.25) is 0 Å². The predicted molar refractivity (Wildman–Crippen MR) is 121 cm³/mol. The van der Waals surface area contributed by atoms with Gasteiger partial charge in [-0.05, 0) is 37.3 Å². The van der Waals surface area contributed by atoms with Crippen LogP contribution < -0.4 is 16.4 Å². The zero-order valence-corrected chi connectivity index (χ0v) is 17.8. The highest BCUT2D eigenvalue weighted by Crippen LogP contribution is 2.22. The molecule has 4 rings (SSSR count). The molecule has 3 aromatic heterocycles. The first kappa shape index (κ1) is 20.5. The highest BCUT2D eigenvalue weighted by Gasteiger charge is 2.19. The molecule has 0 saturated heterocycles. The number of aliphatic imine (C=N–C) groups is 1. The Hall–Kier alpha value is -3.79. The summed E-state index contributed by atoms with van der Waals surface area (Å²) in [6, 6.07) is 1.92. The predicted octanol–water partition coefficient (Wildman–Crippen LogP) is 1.17. The highest BCUT2D eigenvalue weighted by atomic mass is 32.1. The second-order valence-corrected chi connectivity index (χ2v) is 7.68. The molecular formula is C21H22N8OS. The summed E-state index contributed by atoms with van der Waals surface area (Å²) in [4.78, 5) is 30.3. The number of nitrogens with two attached hydrogens (primary N) is 1. The minimum atomic E-state index is -0.132. The van der Waals surface area contributed by atoms with Crippen molar-refractivity contribution in [1.29, 1.82) is 0 Å². The van der Waals surface area contributed by atoms with Gasteiger partial charge in [0.25, 0.3) is 5.91 Å². The van der Waals surface area contributed by atoms with Gasteiger partial charge in [-0.1, -0.05) is 18.2 Å². The molecule has 10 heteroatoms. The van der Waals surface area contributed by atoms with E-state index in [-0.39, 0.29) is 11.7 Å². The Bertz CT molecular complexity index is 1270. The zero-order chi connectivity index (χ0) is 21.8. The molecule has 3 heterocycles. The van der Waals surface area contributed by atoms with Gasteiger partial charge in [-0.3, -0.25) is 9.89 Å². The van der Waals surface area contributed by atoms with E-state index in [0.717, 1.165) is 22.2 Å². The summed E-state index contributed by atoms with van der Waals surface area (Å²) in [7, 11) is 0. The Morgan fingerprint density at radius 1 is 1.42 bits per heavy atom. The number of allylic oxidation sites excluding steroid dienone is 4. The number of amides is 1. The van der Waals surface area contributed by atoms with Crippen LogP contribution in [0.4, 0.5) is 0 Å². The van der Waals surface area contributed by atoms with Crippen LogP contribution in [-0.2, 0) is 6.54 Å². The molecule has 0 aliphatic heterocycles. The van der Waals surface area contributed by atoms with Gasteiger partial charge in [0.05, 0.1) is 17.6 Å². The number of carbonyl (C=O) groups is 1. The van der Waals surface area contributed by atoms with Gasteiger partial charge in [0.15, 0.2) is 10.8 Å². The van der Waals surface area contributed by atoms with Crippen molar-refractivity contribution in [3.63, 3.8) is 0 Å². The third kappa shape index (κ3) is 4.24. The Balaban J connectivity index is 1.69. The van der Waals surface area contributed by atoms with E-state index >= 15 is 0 Å². The fourth-order valence-electron chi connectivity index (χ4n) is 3.30. The lowest BCUT2D eigenvalue weighted by atomic mass is 10.00. The van der Waals surface area contributed by atoms with Gasteiger partial charge >= 0.3 is 0 Å². The standard InChI is InChI=1S/C21H22N8OS/c1-3-29(21(30)20-24-10-11-31-20)12-16-26-17(18(27-16)19(22)23-2)14-6-4-13(5-7-14)15-8-9-25-28-15/h4-6,8-11H,2-3,7,12,22H2,1H3,(H,25,28)(H,26,27)/b17-14+,19-18+. The topological polar surface area (TPSA) is 129 Å². The summed E-state index contributed by atoms with van der Waals surface area (Å²) in [5, 5.41) is 10.6. The molecule has 0 fully saturated rings. The molecule has 1 aliphatic rings. The zero-order valence-electron chi connectivity index (χ0n) is 17.0. The molecule has 31 heavy (non-hydrogen) atoms. The quantitative estimate of drug-likeness (QED) is 0.502. The minimum Gasteiger partial charge on any atom is -0.382 e. The normalized spacial score (nSPS) is 16.1. The number of aromatic nitrogens is 5. The maximum Gasteiger partial charge on any atom is 0.283 e. The second-order valence-electron chi connectivity index (χ2n) is 6.79. The lowest BCUT2D eigenvalue weighted by molar-refractivity contribution is 0.0748.